The molecule has 0 saturated carbocycles. The average Bonchev–Trinajstić information content (AvgIpc) is 3.22. The van der Waals surface area contributed by atoms with Gasteiger partial charge in [0.1, 0.15) is 0 Å². The molecule has 3 aromatic rings. The summed E-state index contributed by atoms with van der Waals surface area (Å²) in [4.78, 5) is 15.8. The van der Waals surface area contributed by atoms with Crippen molar-refractivity contribution in [1.29, 1.82) is 0 Å². The standard InChI is InChI=1S/C27H28N2O3S/c30-27(23-15-17-24(18-16-23)33(31,32)28-19-7-1-2-8-20-28)29-25-11-5-3-9-21(25)13-14-22-10-4-6-12-26(22)29/h3-6,9-12,15-18H,1-2,7-8,13-14,19-20H2. The van der Waals surface area contributed by atoms with Gasteiger partial charge >= 0.3 is 0 Å². The van der Waals surface area contributed by atoms with Gasteiger partial charge < -0.3 is 0 Å². The Labute approximate surface area is 195 Å². The molecule has 3 aromatic carbocycles. The zero-order valence-corrected chi connectivity index (χ0v) is 19.4. The molecule has 0 unspecified atom stereocenters. The van der Waals surface area contributed by atoms with Crippen LogP contribution in [-0.2, 0) is 22.9 Å². The Kier molecular flexibility index (Phi) is 6.04. The van der Waals surface area contributed by atoms with Crippen molar-refractivity contribution in [3.63, 3.8) is 0 Å². The highest BCUT2D eigenvalue weighted by atomic mass is 32.2. The number of aryl methyl sites for hydroxylation is 2. The molecule has 2 aliphatic rings. The minimum absolute atomic E-state index is 0.157. The summed E-state index contributed by atoms with van der Waals surface area (Å²) in [6.07, 6.45) is 5.65. The molecule has 0 aromatic heterocycles. The van der Waals surface area contributed by atoms with Crippen LogP contribution in [-0.4, -0.2) is 31.7 Å². The van der Waals surface area contributed by atoms with E-state index in [-0.39, 0.29) is 10.8 Å². The van der Waals surface area contributed by atoms with E-state index in [0.717, 1.165) is 61.0 Å². The van der Waals surface area contributed by atoms with Crippen molar-refractivity contribution in [3.05, 3.63) is 89.5 Å². The first-order valence-electron chi connectivity index (χ1n) is 11.7. The molecule has 0 bridgehead atoms. The molecule has 0 radical (unpaired) electrons. The van der Waals surface area contributed by atoms with Gasteiger partial charge in [0.05, 0.1) is 16.3 Å². The van der Waals surface area contributed by atoms with Crippen molar-refractivity contribution in [2.24, 2.45) is 0 Å². The first-order valence-corrected chi connectivity index (χ1v) is 13.1. The number of fused-ring (bicyclic) bond motifs is 2. The van der Waals surface area contributed by atoms with Gasteiger partial charge in [-0.3, -0.25) is 9.69 Å². The number of amides is 1. The highest BCUT2D eigenvalue weighted by Gasteiger charge is 2.28. The Morgan fingerprint density at radius 3 is 1.73 bits per heavy atom. The van der Waals surface area contributed by atoms with Crippen LogP contribution in [0.15, 0.2) is 77.7 Å². The van der Waals surface area contributed by atoms with E-state index < -0.39 is 10.0 Å². The van der Waals surface area contributed by atoms with Gasteiger partial charge in [-0.25, -0.2) is 8.42 Å². The fraction of sp³-hybridized carbons (Fsp3) is 0.296. The number of carbonyl (C=O) groups excluding carboxylic acids is 1. The van der Waals surface area contributed by atoms with Gasteiger partial charge in [-0.05, 0) is 73.2 Å². The Hall–Kier alpha value is -2.96. The SMILES string of the molecule is O=C(c1ccc(S(=O)(=O)N2CCCCCC2)cc1)N1c2ccccc2CCc2ccccc21. The Balaban J connectivity index is 1.49. The van der Waals surface area contributed by atoms with Crippen LogP contribution in [0.2, 0.25) is 0 Å². The van der Waals surface area contributed by atoms with Crippen molar-refractivity contribution >= 4 is 27.3 Å². The molecule has 1 amide bonds. The van der Waals surface area contributed by atoms with Crippen molar-refractivity contribution in [3.8, 4) is 0 Å². The van der Waals surface area contributed by atoms with Gasteiger partial charge in [-0.2, -0.15) is 4.31 Å². The van der Waals surface area contributed by atoms with Crippen LogP contribution in [0.25, 0.3) is 0 Å². The second-order valence-corrected chi connectivity index (χ2v) is 10.7. The Morgan fingerprint density at radius 1 is 0.667 bits per heavy atom. The van der Waals surface area contributed by atoms with Gasteiger partial charge in [-0.15, -0.1) is 0 Å². The zero-order chi connectivity index (χ0) is 22.8. The maximum atomic E-state index is 13.8. The Bertz CT molecular complexity index is 1210. The van der Waals surface area contributed by atoms with Crippen molar-refractivity contribution < 1.29 is 13.2 Å². The number of rotatable bonds is 3. The molecule has 6 heteroatoms. The first-order chi connectivity index (χ1) is 16.1. The molecule has 170 valence electrons. The number of sulfonamides is 1. The maximum absolute atomic E-state index is 13.8. The molecular weight excluding hydrogens is 432 g/mol. The summed E-state index contributed by atoms with van der Waals surface area (Å²) in [6, 6.07) is 22.4. The van der Waals surface area contributed by atoms with Gasteiger partial charge in [0.2, 0.25) is 10.0 Å². The summed E-state index contributed by atoms with van der Waals surface area (Å²) in [5.74, 6) is -0.157. The maximum Gasteiger partial charge on any atom is 0.262 e. The van der Waals surface area contributed by atoms with Crippen LogP contribution < -0.4 is 4.90 Å². The molecule has 0 N–H and O–H groups in total. The van der Waals surface area contributed by atoms with Gasteiger partial charge in [0.15, 0.2) is 0 Å². The lowest BCUT2D eigenvalue weighted by atomic mass is 10.0. The minimum Gasteiger partial charge on any atom is -0.276 e. The van der Waals surface area contributed by atoms with Crippen LogP contribution in [0, 0.1) is 0 Å². The average molecular weight is 461 g/mol. The quantitative estimate of drug-likeness (QED) is 0.531. The molecule has 2 heterocycles. The van der Waals surface area contributed by atoms with E-state index in [1.54, 1.807) is 33.5 Å². The molecule has 0 aliphatic carbocycles. The van der Waals surface area contributed by atoms with E-state index >= 15 is 0 Å². The topological polar surface area (TPSA) is 57.7 Å². The highest BCUT2D eigenvalue weighted by molar-refractivity contribution is 7.89. The van der Waals surface area contributed by atoms with E-state index in [9.17, 15) is 13.2 Å². The summed E-state index contributed by atoms with van der Waals surface area (Å²) < 4.78 is 27.8. The van der Waals surface area contributed by atoms with E-state index in [0.29, 0.717) is 18.7 Å². The minimum atomic E-state index is -3.55. The number of benzene rings is 3. The van der Waals surface area contributed by atoms with E-state index in [4.69, 9.17) is 0 Å². The summed E-state index contributed by atoms with van der Waals surface area (Å²) in [7, 11) is -3.55. The number of anilines is 2. The fourth-order valence-corrected chi connectivity index (χ4v) is 6.35. The molecule has 2 aliphatic heterocycles. The molecule has 0 atom stereocenters. The summed E-state index contributed by atoms with van der Waals surface area (Å²) >= 11 is 0. The number of carbonyl (C=O) groups is 1. The summed E-state index contributed by atoms with van der Waals surface area (Å²) in [6.45, 7) is 1.12. The predicted molar refractivity (Wildman–Crippen MR) is 130 cm³/mol. The van der Waals surface area contributed by atoms with E-state index in [1.807, 2.05) is 36.4 Å². The van der Waals surface area contributed by atoms with E-state index in [1.165, 1.54) is 0 Å². The molecule has 33 heavy (non-hydrogen) atoms. The predicted octanol–water partition coefficient (Wildman–Crippen LogP) is 5.33. The lowest BCUT2D eigenvalue weighted by molar-refractivity contribution is 0.0999. The van der Waals surface area contributed by atoms with Crippen LogP contribution in [0.1, 0.15) is 47.2 Å². The van der Waals surface area contributed by atoms with Crippen LogP contribution >= 0.6 is 0 Å². The normalized spacial score (nSPS) is 16.9. The fourth-order valence-electron chi connectivity index (χ4n) is 4.83. The first kappa shape index (κ1) is 21.9. The van der Waals surface area contributed by atoms with Gasteiger partial charge in [0.25, 0.3) is 5.91 Å². The largest absolute Gasteiger partial charge is 0.276 e. The third kappa shape index (κ3) is 4.21. The number of hydrogen-bond donors (Lipinski definition) is 0. The van der Waals surface area contributed by atoms with Crippen molar-refractivity contribution in [2.75, 3.05) is 18.0 Å². The molecule has 5 rings (SSSR count). The monoisotopic (exact) mass is 460 g/mol. The molecule has 1 saturated heterocycles. The lowest BCUT2D eigenvalue weighted by Gasteiger charge is -2.25. The summed E-state index contributed by atoms with van der Waals surface area (Å²) in [5, 5.41) is 0. The van der Waals surface area contributed by atoms with Crippen LogP contribution in [0.4, 0.5) is 11.4 Å². The molecule has 0 spiro atoms. The van der Waals surface area contributed by atoms with Gasteiger partial charge in [-0.1, -0.05) is 49.2 Å². The Morgan fingerprint density at radius 2 is 1.18 bits per heavy atom. The van der Waals surface area contributed by atoms with Crippen LogP contribution in [0.3, 0.4) is 0 Å². The number of nitrogens with zero attached hydrogens (tertiary/aromatic N) is 2. The highest BCUT2D eigenvalue weighted by Crippen LogP contribution is 2.37. The zero-order valence-electron chi connectivity index (χ0n) is 18.6. The third-order valence-electron chi connectivity index (χ3n) is 6.64. The van der Waals surface area contributed by atoms with E-state index in [2.05, 4.69) is 12.1 Å². The van der Waals surface area contributed by atoms with Crippen molar-refractivity contribution in [2.45, 2.75) is 43.4 Å². The second kappa shape index (κ2) is 9.12. The molecular formula is C27H28N2O3S. The van der Waals surface area contributed by atoms with Crippen molar-refractivity contribution in [1.82, 2.24) is 4.31 Å². The number of para-hydroxylation sites is 2. The molecule has 1 fully saturated rings. The number of hydrogen-bond acceptors (Lipinski definition) is 3. The van der Waals surface area contributed by atoms with Gasteiger partial charge in [0, 0.05) is 18.7 Å². The smallest absolute Gasteiger partial charge is 0.262 e. The molecule has 5 nitrogen and oxygen atoms in total. The second-order valence-electron chi connectivity index (χ2n) is 8.74. The third-order valence-corrected chi connectivity index (χ3v) is 8.55. The lowest BCUT2D eigenvalue weighted by Crippen LogP contribution is -2.32. The summed E-state index contributed by atoms with van der Waals surface area (Å²) in [5.41, 5.74) is 4.49. The van der Waals surface area contributed by atoms with Crippen LogP contribution in [0.5, 0.6) is 0 Å².